The van der Waals surface area contributed by atoms with Crippen molar-refractivity contribution in [3.63, 3.8) is 0 Å². The molecule has 0 amide bonds. The van der Waals surface area contributed by atoms with Gasteiger partial charge < -0.3 is 15.4 Å². The fourth-order valence-electron chi connectivity index (χ4n) is 1.70. The maximum atomic E-state index is 13.6. The Morgan fingerprint density at radius 1 is 1.33 bits per heavy atom. The Bertz CT molecular complexity index is 446. The molecule has 0 saturated carbocycles. The summed E-state index contributed by atoms with van der Waals surface area (Å²) in [5.41, 5.74) is 0.734. The first-order valence-electron chi connectivity index (χ1n) is 6.54. The van der Waals surface area contributed by atoms with Gasteiger partial charge in [-0.15, -0.1) is 24.0 Å². The Hall–Kier alpha value is -0.410. The van der Waals surface area contributed by atoms with Gasteiger partial charge in [0.15, 0.2) is 5.96 Å². The summed E-state index contributed by atoms with van der Waals surface area (Å²) in [7, 11) is 3.38. The molecule has 1 aromatic rings. The fraction of sp³-hybridized carbons (Fsp3) is 0.500. The Labute approximate surface area is 151 Å². The molecule has 0 spiro atoms. The predicted molar refractivity (Wildman–Crippen MR) is 99.1 cm³/mol. The minimum Gasteiger partial charge on any atom is -0.383 e. The number of aliphatic imine (C=N–C) groups is 1. The average Bonchev–Trinajstić information content (AvgIpc) is 2.43. The van der Waals surface area contributed by atoms with E-state index in [0.717, 1.165) is 29.0 Å². The molecule has 0 aliphatic carbocycles. The monoisotopic (exact) mass is 473 g/mol. The van der Waals surface area contributed by atoms with Crippen molar-refractivity contribution in [2.45, 2.75) is 12.8 Å². The van der Waals surface area contributed by atoms with Crippen LogP contribution >= 0.6 is 39.9 Å². The first kappa shape index (κ1) is 20.6. The summed E-state index contributed by atoms with van der Waals surface area (Å²) in [4.78, 5) is 4.09. The summed E-state index contributed by atoms with van der Waals surface area (Å²) in [5, 5.41) is 6.30. The van der Waals surface area contributed by atoms with E-state index in [1.807, 2.05) is 12.1 Å². The van der Waals surface area contributed by atoms with Crippen LogP contribution in [-0.4, -0.2) is 39.8 Å². The molecule has 0 saturated heterocycles. The van der Waals surface area contributed by atoms with Crippen LogP contribution in [0.5, 0.6) is 0 Å². The average molecular weight is 474 g/mol. The van der Waals surface area contributed by atoms with E-state index in [0.29, 0.717) is 19.6 Å². The van der Waals surface area contributed by atoms with Crippen molar-refractivity contribution in [3.8, 4) is 0 Å². The van der Waals surface area contributed by atoms with Crippen LogP contribution in [0.2, 0.25) is 0 Å². The molecule has 4 nitrogen and oxygen atoms in total. The van der Waals surface area contributed by atoms with E-state index in [9.17, 15) is 4.39 Å². The van der Waals surface area contributed by atoms with E-state index >= 15 is 0 Å². The number of nitrogens with zero attached hydrogens (tertiary/aromatic N) is 1. The summed E-state index contributed by atoms with van der Waals surface area (Å²) >= 11 is 3.25. The van der Waals surface area contributed by atoms with Crippen LogP contribution in [-0.2, 0) is 11.2 Å². The molecule has 0 unspecified atom stereocenters. The first-order chi connectivity index (χ1) is 9.67. The van der Waals surface area contributed by atoms with Crippen molar-refractivity contribution in [1.82, 2.24) is 10.6 Å². The van der Waals surface area contributed by atoms with Gasteiger partial charge in [-0.1, -0.05) is 22.0 Å². The highest BCUT2D eigenvalue weighted by molar-refractivity contribution is 14.0. The van der Waals surface area contributed by atoms with Gasteiger partial charge in [0.25, 0.3) is 0 Å². The minimum atomic E-state index is -0.165. The van der Waals surface area contributed by atoms with Crippen molar-refractivity contribution >= 4 is 45.9 Å². The number of guanidine groups is 1. The standard InChI is InChI=1S/C14H21BrFN3O.HI/c1-17-14(19-8-9-20-2)18-7-3-4-11-5-6-12(15)10-13(11)16;/h5-6,10H,3-4,7-9H2,1-2H3,(H2,17,18,19);1H. The van der Waals surface area contributed by atoms with Crippen molar-refractivity contribution in [1.29, 1.82) is 0 Å². The SMILES string of the molecule is CN=C(NCCCc1ccc(Br)cc1F)NCCOC.I. The van der Waals surface area contributed by atoms with Crippen LogP contribution in [0.1, 0.15) is 12.0 Å². The number of benzene rings is 1. The zero-order valence-electron chi connectivity index (χ0n) is 12.3. The number of ether oxygens (including phenoxy) is 1. The second-order valence-corrected chi connectivity index (χ2v) is 5.17. The van der Waals surface area contributed by atoms with E-state index in [1.165, 1.54) is 6.07 Å². The molecule has 0 fully saturated rings. The quantitative estimate of drug-likeness (QED) is 0.277. The lowest BCUT2D eigenvalue weighted by Gasteiger charge is -2.11. The van der Waals surface area contributed by atoms with Crippen molar-refractivity contribution in [3.05, 3.63) is 34.1 Å². The molecule has 0 radical (unpaired) electrons. The van der Waals surface area contributed by atoms with Crippen LogP contribution in [0.25, 0.3) is 0 Å². The zero-order valence-corrected chi connectivity index (χ0v) is 16.2. The van der Waals surface area contributed by atoms with Gasteiger partial charge in [-0.2, -0.15) is 0 Å². The van der Waals surface area contributed by atoms with Crippen LogP contribution in [0.4, 0.5) is 4.39 Å². The molecular weight excluding hydrogens is 452 g/mol. The van der Waals surface area contributed by atoms with Crippen LogP contribution in [0, 0.1) is 5.82 Å². The largest absolute Gasteiger partial charge is 0.383 e. The third-order valence-electron chi connectivity index (χ3n) is 2.75. The third-order valence-corrected chi connectivity index (χ3v) is 3.25. The zero-order chi connectivity index (χ0) is 14.8. The maximum Gasteiger partial charge on any atom is 0.191 e. The molecule has 120 valence electrons. The van der Waals surface area contributed by atoms with Gasteiger partial charge in [-0.25, -0.2) is 4.39 Å². The number of nitrogens with one attached hydrogen (secondary N) is 2. The van der Waals surface area contributed by atoms with Gasteiger partial charge in [0.05, 0.1) is 6.61 Å². The van der Waals surface area contributed by atoms with E-state index in [4.69, 9.17) is 4.74 Å². The molecule has 2 N–H and O–H groups in total. The highest BCUT2D eigenvalue weighted by atomic mass is 127. The highest BCUT2D eigenvalue weighted by Crippen LogP contribution is 2.16. The highest BCUT2D eigenvalue weighted by Gasteiger charge is 2.03. The fourth-order valence-corrected chi connectivity index (χ4v) is 2.04. The summed E-state index contributed by atoms with van der Waals surface area (Å²) in [6.07, 6.45) is 1.53. The number of hydrogen-bond donors (Lipinski definition) is 2. The molecule has 0 atom stereocenters. The molecule has 0 bridgehead atoms. The second kappa shape index (κ2) is 12.2. The van der Waals surface area contributed by atoms with Crippen LogP contribution < -0.4 is 10.6 Å². The van der Waals surface area contributed by atoms with Gasteiger partial charge in [-0.05, 0) is 30.5 Å². The van der Waals surface area contributed by atoms with Gasteiger partial charge in [0.1, 0.15) is 5.82 Å². The summed E-state index contributed by atoms with van der Waals surface area (Å²) in [5.74, 6) is 0.570. The summed E-state index contributed by atoms with van der Waals surface area (Å²) in [6.45, 7) is 2.07. The van der Waals surface area contributed by atoms with Crippen molar-refractivity contribution in [2.75, 3.05) is 33.9 Å². The number of hydrogen-bond acceptors (Lipinski definition) is 2. The Morgan fingerprint density at radius 2 is 2.05 bits per heavy atom. The number of rotatable bonds is 7. The van der Waals surface area contributed by atoms with E-state index < -0.39 is 0 Å². The Balaban J connectivity index is 0.00000400. The van der Waals surface area contributed by atoms with Gasteiger partial charge in [0, 0.05) is 31.7 Å². The molecule has 7 heteroatoms. The number of halogens is 3. The van der Waals surface area contributed by atoms with Gasteiger partial charge in [-0.3, -0.25) is 4.99 Å². The molecule has 0 heterocycles. The van der Waals surface area contributed by atoms with Gasteiger partial charge >= 0.3 is 0 Å². The van der Waals surface area contributed by atoms with Gasteiger partial charge in [0.2, 0.25) is 0 Å². The Morgan fingerprint density at radius 3 is 2.67 bits per heavy atom. The topological polar surface area (TPSA) is 45.7 Å². The third kappa shape index (κ3) is 8.57. The first-order valence-corrected chi connectivity index (χ1v) is 7.34. The van der Waals surface area contributed by atoms with Crippen molar-refractivity contribution in [2.24, 2.45) is 4.99 Å². The summed E-state index contributed by atoms with van der Waals surface area (Å²) < 4.78 is 19.3. The van der Waals surface area contributed by atoms with E-state index in [2.05, 4.69) is 31.6 Å². The van der Waals surface area contributed by atoms with Crippen LogP contribution in [0.15, 0.2) is 27.7 Å². The van der Waals surface area contributed by atoms with E-state index in [1.54, 1.807) is 14.2 Å². The molecule has 21 heavy (non-hydrogen) atoms. The van der Waals surface area contributed by atoms with E-state index in [-0.39, 0.29) is 29.8 Å². The lowest BCUT2D eigenvalue weighted by atomic mass is 10.1. The molecule has 1 aromatic carbocycles. The minimum absolute atomic E-state index is 0. The second-order valence-electron chi connectivity index (χ2n) is 4.26. The lowest BCUT2D eigenvalue weighted by Crippen LogP contribution is -2.39. The smallest absolute Gasteiger partial charge is 0.191 e. The number of aryl methyl sites for hydroxylation is 1. The molecular formula is C14H22BrFIN3O. The predicted octanol–water partition coefficient (Wildman–Crippen LogP) is 2.95. The molecule has 1 rings (SSSR count). The van der Waals surface area contributed by atoms with Crippen molar-refractivity contribution < 1.29 is 9.13 Å². The molecule has 0 aromatic heterocycles. The number of methoxy groups -OCH3 is 1. The maximum absolute atomic E-state index is 13.6. The van der Waals surface area contributed by atoms with Crippen LogP contribution in [0.3, 0.4) is 0 Å². The lowest BCUT2D eigenvalue weighted by molar-refractivity contribution is 0.203. The summed E-state index contributed by atoms with van der Waals surface area (Å²) in [6, 6.07) is 5.16. The molecule has 0 aliphatic rings. The molecule has 0 aliphatic heterocycles. The Kier molecular flexibility index (Phi) is 11.9. The normalized spacial score (nSPS) is 11.0.